The summed E-state index contributed by atoms with van der Waals surface area (Å²) in [6.07, 6.45) is 0. The molecular formula is C8H5Br2LiO3. The van der Waals surface area contributed by atoms with Crippen molar-refractivity contribution in [3.8, 4) is 5.75 Å². The van der Waals surface area contributed by atoms with Crippen molar-refractivity contribution in [1.29, 1.82) is 0 Å². The Morgan fingerprint density at radius 2 is 2.07 bits per heavy atom. The van der Waals surface area contributed by atoms with Gasteiger partial charge in [-0.25, -0.2) is 0 Å². The van der Waals surface area contributed by atoms with Gasteiger partial charge in [0, 0.05) is 4.47 Å². The number of halogens is 2. The molecule has 0 bridgehead atoms. The van der Waals surface area contributed by atoms with Crippen LogP contribution < -0.4 is 28.7 Å². The van der Waals surface area contributed by atoms with Gasteiger partial charge in [0.05, 0.1) is 10.4 Å². The predicted octanol–water partition coefficient (Wildman–Crippen LogP) is -1.66. The van der Waals surface area contributed by atoms with Crippen molar-refractivity contribution in [1.82, 2.24) is 0 Å². The van der Waals surface area contributed by atoms with Gasteiger partial charge in [-0.3, -0.25) is 0 Å². The van der Waals surface area contributed by atoms with Gasteiger partial charge in [-0.1, -0.05) is 15.9 Å². The first-order valence-corrected chi connectivity index (χ1v) is 4.96. The second kappa shape index (κ2) is 6.52. The van der Waals surface area contributed by atoms with Crippen molar-refractivity contribution in [2.45, 2.75) is 0 Å². The fourth-order valence-corrected chi connectivity index (χ4v) is 1.89. The molecule has 0 aliphatic heterocycles. The van der Waals surface area contributed by atoms with Crippen LogP contribution in [-0.4, -0.2) is 12.6 Å². The van der Waals surface area contributed by atoms with Crippen molar-refractivity contribution in [3.05, 3.63) is 27.1 Å². The van der Waals surface area contributed by atoms with E-state index < -0.39 is 12.6 Å². The fourth-order valence-electron chi connectivity index (χ4n) is 0.729. The zero-order chi connectivity index (χ0) is 9.84. The van der Waals surface area contributed by atoms with E-state index >= 15 is 0 Å². The number of aliphatic carboxylic acids is 1. The first kappa shape index (κ1) is 14.0. The SMILES string of the molecule is O=C([O-])COc1ccc(Br)cc1Br.[Li+]. The number of carbonyl (C=O) groups excluding carboxylic acids is 1. The van der Waals surface area contributed by atoms with E-state index in [0.29, 0.717) is 10.2 Å². The Hall–Kier alpha value is 0.0474. The second-order valence-electron chi connectivity index (χ2n) is 2.24. The molecule has 0 atom stereocenters. The smallest absolute Gasteiger partial charge is 0.546 e. The molecule has 1 aromatic carbocycles. The normalized spacial score (nSPS) is 9.00. The number of hydrogen-bond donors (Lipinski definition) is 0. The van der Waals surface area contributed by atoms with E-state index in [-0.39, 0.29) is 18.9 Å². The van der Waals surface area contributed by atoms with E-state index in [1.165, 1.54) is 0 Å². The molecule has 3 nitrogen and oxygen atoms in total. The number of hydrogen-bond acceptors (Lipinski definition) is 3. The van der Waals surface area contributed by atoms with Gasteiger partial charge >= 0.3 is 18.9 Å². The molecule has 1 rings (SSSR count). The van der Waals surface area contributed by atoms with Crippen molar-refractivity contribution in [3.63, 3.8) is 0 Å². The summed E-state index contributed by atoms with van der Waals surface area (Å²) in [5.74, 6) is -0.762. The fraction of sp³-hybridized carbons (Fsp3) is 0.125. The molecule has 6 heteroatoms. The van der Waals surface area contributed by atoms with Crippen molar-refractivity contribution >= 4 is 37.8 Å². The van der Waals surface area contributed by atoms with Crippen LogP contribution in [0, 0.1) is 0 Å². The molecule has 0 spiro atoms. The van der Waals surface area contributed by atoms with Crippen LogP contribution >= 0.6 is 31.9 Å². The Kier molecular flexibility index (Phi) is 6.54. The molecule has 0 aliphatic rings. The number of ether oxygens (including phenoxy) is 1. The molecule has 70 valence electrons. The summed E-state index contributed by atoms with van der Waals surface area (Å²) in [5.41, 5.74) is 0. The summed E-state index contributed by atoms with van der Waals surface area (Å²) < 4.78 is 6.51. The van der Waals surface area contributed by atoms with Crippen LogP contribution in [0.2, 0.25) is 0 Å². The zero-order valence-electron chi connectivity index (χ0n) is 7.42. The summed E-state index contributed by atoms with van der Waals surface area (Å²) in [5, 5.41) is 10.1. The van der Waals surface area contributed by atoms with Crippen LogP contribution in [0.25, 0.3) is 0 Å². The maximum absolute atomic E-state index is 10.1. The Bertz CT molecular complexity index is 330. The molecule has 0 fully saturated rings. The Morgan fingerprint density at radius 3 is 2.57 bits per heavy atom. The van der Waals surface area contributed by atoms with E-state index in [1.807, 2.05) is 0 Å². The number of carboxylic acid groups (broad SMARTS) is 1. The van der Waals surface area contributed by atoms with Crippen LogP contribution in [0.3, 0.4) is 0 Å². The number of rotatable bonds is 3. The van der Waals surface area contributed by atoms with Gasteiger partial charge in [0.1, 0.15) is 12.4 Å². The molecule has 0 amide bonds. The first-order valence-electron chi connectivity index (χ1n) is 3.37. The molecule has 0 heterocycles. The molecule has 0 saturated carbocycles. The van der Waals surface area contributed by atoms with Crippen LogP contribution in [0.5, 0.6) is 5.75 Å². The third-order valence-electron chi connectivity index (χ3n) is 1.24. The quantitative estimate of drug-likeness (QED) is 0.628. The minimum Gasteiger partial charge on any atom is -0.546 e. The van der Waals surface area contributed by atoms with Gasteiger partial charge in [-0.15, -0.1) is 0 Å². The molecule has 0 saturated heterocycles. The Balaban J connectivity index is 0.00000169. The monoisotopic (exact) mass is 314 g/mol. The predicted molar refractivity (Wildman–Crippen MR) is 52.3 cm³/mol. The summed E-state index contributed by atoms with van der Waals surface area (Å²) >= 11 is 6.49. The maximum Gasteiger partial charge on any atom is 1.00 e. The standard InChI is InChI=1S/C8H6Br2O3.Li/c9-5-1-2-7(6(10)3-5)13-4-8(11)12;/h1-3H,4H2,(H,11,12);/q;+1/p-1. The summed E-state index contributed by atoms with van der Waals surface area (Å²) in [6.45, 7) is -0.444. The van der Waals surface area contributed by atoms with Gasteiger partial charge in [-0.2, -0.15) is 0 Å². The third-order valence-corrected chi connectivity index (χ3v) is 2.35. The van der Waals surface area contributed by atoms with Gasteiger partial charge in [0.15, 0.2) is 0 Å². The second-order valence-corrected chi connectivity index (χ2v) is 4.01. The molecule has 0 aliphatic carbocycles. The van der Waals surface area contributed by atoms with Crippen LogP contribution in [-0.2, 0) is 4.79 Å². The van der Waals surface area contributed by atoms with E-state index in [9.17, 15) is 9.90 Å². The number of benzene rings is 1. The molecule has 0 unspecified atom stereocenters. The van der Waals surface area contributed by atoms with Crippen molar-refractivity contribution < 1.29 is 33.5 Å². The minimum atomic E-state index is -1.24. The van der Waals surface area contributed by atoms with Gasteiger partial charge in [0.2, 0.25) is 0 Å². The number of carbonyl (C=O) groups is 1. The number of carboxylic acids is 1. The van der Waals surface area contributed by atoms with Crippen LogP contribution in [0.1, 0.15) is 0 Å². The van der Waals surface area contributed by atoms with Crippen LogP contribution in [0.4, 0.5) is 0 Å². The van der Waals surface area contributed by atoms with Crippen molar-refractivity contribution in [2.75, 3.05) is 6.61 Å². The van der Waals surface area contributed by atoms with Crippen LogP contribution in [0.15, 0.2) is 27.1 Å². The molecular weight excluding hydrogens is 311 g/mol. The average Bonchev–Trinajstić information content (AvgIpc) is 2.02. The third kappa shape index (κ3) is 4.51. The minimum absolute atomic E-state index is 0. The van der Waals surface area contributed by atoms with Crippen molar-refractivity contribution in [2.24, 2.45) is 0 Å². The van der Waals surface area contributed by atoms with Gasteiger partial charge < -0.3 is 14.6 Å². The van der Waals surface area contributed by atoms with Gasteiger partial charge in [-0.05, 0) is 34.1 Å². The van der Waals surface area contributed by atoms with E-state index in [2.05, 4.69) is 31.9 Å². The molecule has 1 aromatic rings. The molecule has 0 radical (unpaired) electrons. The summed E-state index contributed by atoms with van der Waals surface area (Å²) in [7, 11) is 0. The average molecular weight is 316 g/mol. The van der Waals surface area contributed by atoms with E-state index in [1.54, 1.807) is 18.2 Å². The Labute approximate surface area is 110 Å². The van der Waals surface area contributed by atoms with E-state index in [0.717, 1.165) is 4.47 Å². The van der Waals surface area contributed by atoms with E-state index in [4.69, 9.17) is 4.74 Å². The largest absolute Gasteiger partial charge is 1.00 e. The molecule has 0 N–H and O–H groups in total. The zero-order valence-corrected chi connectivity index (χ0v) is 10.6. The topological polar surface area (TPSA) is 49.4 Å². The first-order chi connectivity index (χ1) is 6.09. The molecule has 14 heavy (non-hydrogen) atoms. The summed E-state index contributed by atoms with van der Waals surface area (Å²) in [6, 6.07) is 5.19. The Morgan fingerprint density at radius 1 is 1.43 bits per heavy atom. The molecule has 0 aromatic heterocycles. The summed E-state index contributed by atoms with van der Waals surface area (Å²) in [4.78, 5) is 10.1. The van der Waals surface area contributed by atoms with Gasteiger partial charge in [0.25, 0.3) is 0 Å². The maximum atomic E-state index is 10.1.